The van der Waals surface area contributed by atoms with E-state index in [0.717, 1.165) is 5.69 Å². The Kier molecular flexibility index (Phi) is 5.06. The molecule has 3 aromatic rings. The van der Waals surface area contributed by atoms with Gasteiger partial charge in [-0.15, -0.1) is 0 Å². The molecule has 0 fully saturated rings. The fourth-order valence-electron chi connectivity index (χ4n) is 3.42. The van der Waals surface area contributed by atoms with Gasteiger partial charge in [0.2, 0.25) is 0 Å². The van der Waals surface area contributed by atoms with E-state index in [4.69, 9.17) is 0 Å². The molecule has 30 heavy (non-hydrogen) atoms. The maximum Gasteiger partial charge on any atom is 0.261 e. The highest BCUT2D eigenvalue weighted by molar-refractivity contribution is 6.21. The number of hydrogen-bond donors (Lipinski definition) is 1. The second kappa shape index (κ2) is 7.83. The number of hydrogen-bond acceptors (Lipinski definition) is 4. The molecule has 0 aliphatic carbocycles. The first kappa shape index (κ1) is 19.4. The van der Waals surface area contributed by atoms with Gasteiger partial charge >= 0.3 is 0 Å². The summed E-state index contributed by atoms with van der Waals surface area (Å²) in [4.78, 5) is 41.0. The average molecular weight is 399 g/mol. The highest BCUT2D eigenvalue weighted by Crippen LogP contribution is 2.24. The number of nitrogens with one attached hydrogen (secondary N) is 1. The quantitative estimate of drug-likeness (QED) is 0.663. The molecule has 3 amide bonds. The van der Waals surface area contributed by atoms with Gasteiger partial charge in [0.05, 0.1) is 17.7 Å². The molecule has 4 rings (SSSR count). The van der Waals surface area contributed by atoms with Crippen molar-refractivity contribution < 1.29 is 14.4 Å². The van der Waals surface area contributed by atoms with E-state index in [2.05, 4.69) is 5.32 Å². The Labute approximate surface area is 174 Å². The Balaban J connectivity index is 1.48. The van der Waals surface area contributed by atoms with Gasteiger partial charge in [0.25, 0.3) is 17.7 Å². The van der Waals surface area contributed by atoms with Crippen LogP contribution >= 0.6 is 0 Å². The SMILES string of the molecule is CN(C)c1ccc(NC(=O)c2cccc(CN3C(=O)c4ccccc4C3=O)c2)cc1. The van der Waals surface area contributed by atoms with Crippen molar-refractivity contribution in [2.45, 2.75) is 6.54 Å². The van der Waals surface area contributed by atoms with E-state index in [0.29, 0.717) is 27.9 Å². The molecule has 1 aliphatic heterocycles. The lowest BCUT2D eigenvalue weighted by Gasteiger charge is -2.15. The Morgan fingerprint density at radius 1 is 0.867 bits per heavy atom. The summed E-state index contributed by atoms with van der Waals surface area (Å²) in [6, 6.07) is 21.3. The molecule has 6 heteroatoms. The first-order valence-electron chi connectivity index (χ1n) is 9.57. The number of fused-ring (bicyclic) bond motifs is 1. The summed E-state index contributed by atoms with van der Waals surface area (Å²) in [6.45, 7) is 0.116. The average Bonchev–Trinajstić information content (AvgIpc) is 2.99. The zero-order valence-electron chi connectivity index (χ0n) is 16.8. The predicted molar refractivity (Wildman–Crippen MR) is 116 cm³/mol. The summed E-state index contributed by atoms with van der Waals surface area (Å²) in [5, 5.41) is 2.87. The van der Waals surface area contributed by atoms with Crippen LogP contribution in [-0.4, -0.2) is 36.7 Å². The number of carbonyl (C=O) groups is 3. The minimum absolute atomic E-state index is 0.116. The summed E-state index contributed by atoms with van der Waals surface area (Å²) in [5.74, 6) is -0.880. The highest BCUT2D eigenvalue weighted by Gasteiger charge is 2.34. The molecule has 0 saturated heterocycles. The van der Waals surface area contributed by atoms with Gasteiger partial charge < -0.3 is 10.2 Å². The van der Waals surface area contributed by atoms with Crippen LogP contribution in [0, 0.1) is 0 Å². The molecule has 1 N–H and O–H groups in total. The van der Waals surface area contributed by atoms with Crippen LogP contribution in [0.25, 0.3) is 0 Å². The molecule has 0 spiro atoms. The number of nitrogens with zero attached hydrogens (tertiary/aromatic N) is 2. The number of benzene rings is 3. The third-order valence-electron chi connectivity index (χ3n) is 5.05. The molecule has 6 nitrogen and oxygen atoms in total. The van der Waals surface area contributed by atoms with Crippen molar-refractivity contribution in [3.8, 4) is 0 Å². The molecule has 1 heterocycles. The molecule has 0 aromatic heterocycles. The maximum atomic E-state index is 12.7. The standard InChI is InChI=1S/C24H21N3O3/c1-26(2)19-12-10-18(11-13-19)25-22(28)17-7-5-6-16(14-17)15-27-23(29)20-8-3-4-9-21(20)24(27)30/h3-14H,15H2,1-2H3,(H,25,28). The smallest absolute Gasteiger partial charge is 0.261 e. The molecule has 0 atom stereocenters. The van der Waals surface area contributed by atoms with Crippen LogP contribution in [0.4, 0.5) is 11.4 Å². The fourth-order valence-corrected chi connectivity index (χ4v) is 3.42. The van der Waals surface area contributed by atoms with Crippen LogP contribution in [0.2, 0.25) is 0 Å². The van der Waals surface area contributed by atoms with Crippen molar-refractivity contribution >= 4 is 29.1 Å². The van der Waals surface area contributed by atoms with Gasteiger partial charge in [0.15, 0.2) is 0 Å². The van der Waals surface area contributed by atoms with E-state index in [-0.39, 0.29) is 24.3 Å². The third-order valence-corrected chi connectivity index (χ3v) is 5.05. The molecule has 0 unspecified atom stereocenters. The third kappa shape index (κ3) is 3.67. The van der Waals surface area contributed by atoms with Crippen molar-refractivity contribution in [3.63, 3.8) is 0 Å². The Bertz CT molecular complexity index is 1100. The van der Waals surface area contributed by atoms with Crippen molar-refractivity contribution in [2.75, 3.05) is 24.3 Å². The van der Waals surface area contributed by atoms with Gasteiger partial charge in [-0.3, -0.25) is 19.3 Å². The summed E-state index contributed by atoms with van der Waals surface area (Å²) < 4.78 is 0. The van der Waals surface area contributed by atoms with Gasteiger partial charge in [-0.05, 0) is 54.1 Å². The minimum Gasteiger partial charge on any atom is -0.378 e. The van der Waals surface area contributed by atoms with E-state index < -0.39 is 0 Å². The van der Waals surface area contributed by atoms with Gasteiger partial charge in [0, 0.05) is 31.0 Å². The summed E-state index contributed by atoms with van der Waals surface area (Å²) in [5.41, 5.74) is 3.73. The minimum atomic E-state index is -0.313. The summed E-state index contributed by atoms with van der Waals surface area (Å²) in [6.07, 6.45) is 0. The van der Waals surface area contributed by atoms with Crippen molar-refractivity contribution in [2.24, 2.45) is 0 Å². The van der Waals surface area contributed by atoms with E-state index in [1.807, 2.05) is 43.3 Å². The van der Waals surface area contributed by atoms with Crippen LogP contribution in [-0.2, 0) is 6.54 Å². The van der Waals surface area contributed by atoms with Gasteiger partial charge in [0.1, 0.15) is 0 Å². The molecule has 150 valence electrons. The van der Waals surface area contributed by atoms with Crippen LogP contribution < -0.4 is 10.2 Å². The number of imide groups is 1. The van der Waals surface area contributed by atoms with Gasteiger partial charge in [-0.25, -0.2) is 0 Å². The molecule has 0 bridgehead atoms. The molecule has 1 aliphatic rings. The predicted octanol–water partition coefficient (Wildman–Crippen LogP) is 3.80. The van der Waals surface area contributed by atoms with Crippen molar-refractivity contribution in [1.29, 1.82) is 0 Å². The van der Waals surface area contributed by atoms with E-state index in [9.17, 15) is 14.4 Å². The normalized spacial score (nSPS) is 12.7. The summed E-state index contributed by atoms with van der Waals surface area (Å²) in [7, 11) is 3.90. The van der Waals surface area contributed by atoms with Crippen molar-refractivity contribution in [3.05, 3.63) is 95.1 Å². The zero-order chi connectivity index (χ0) is 21.3. The first-order valence-corrected chi connectivity index (χ1v) is 9.57. The maximum absolute atomic E-state index is 12.7. The molecule has 3 aromatic carbocycles. The van der Waals surface area contributed by atoms with Crippen LogP contribution in [0.1, 0.15) is 36.6 Å². The van der Waals surface area contributed by atoms with Crippen LogP contribution in [0.5, 0.6) is 0 Å². The second-order valence-corrected chi connectivity index (χ2v) is 7.34. The second-order valence-electron chi connectivity index (χ2n) is 7.34. The largest absolute Gasteiger partial charge is 0.378 e. The van der Waals surface area contributed by atoms with Crippen LogP contribution in [0.3, 0.4) is 0 Å². The lowest BCUT2D eigenvalue weighted by Crippen LogP contribution is -2.29. The molecular formula is C24H21N3O3. The molecule has 0 radical (unpaired) electrons. The lowest BCUT2D eigenvalue weighted by atomic mass is 10.1. The van der Waals surface area contributed by atoms with E-state index >= 15 is 0 Å². The van der Waals surface area contributed by atoms with E-state index in [1.54, 1.807) is 48.5 Å². The fraction of sp³-hybridized carbons (Fsp3) is 0.125. The van der Waals surface area contributed by atoms with Crippen LogP contribution in [0.15, 0.2) is 72.8 Å². The lowest BCUT2D eigenvalue weighted by molar-refractivity contribution is 0.0642. The number of anilines is 2. The molecular weight excluding hydrogens is 378 g/mol. The highest BCUT2D eigenvalue weighted by atomic mass is 16.2. The van der Waals surface area contributed by atoms with Gasteiger partial charge in [-0.1, -0.05) is 24.3 Å². The number of amides is 3. The summed E-state index contributed by atoms with van der Waals surface area (Å²) >= 11 is 0. The monoisotopic (exact) mass is 399 g/mol. The Morgan fingerprint density at radius 2 is 1.50 bits per heavy atom. The first-order chi connectivity index (χ1) is 14.4. The zero-order valence-corrected chi connectivity index (χ0v) is 16.8. The Hall–Kier alpha value is -3.93. The number of carbonyl (C=O) groups excluding carboxylic acids is 3. The van der Waals surface area contributed by atoms with Gasteiger partial charge in [-0.2, -0.15) is 0 Å². The van der Waals surface area contributed by atoms with E-state index in [1.165, 1.54) is 4.90 Å². The van der Waals surface area contributed by atoms with Crippen molar-refractivity contribution in [1.82, 2.24) is 4.90 Å². The Morgan fingerprint density at radius 3 is 2.10 bits per heavy atom. The molecule has 0 saturated carbocycles. The topological polar surface area (TPSA) is 69.7 Å². The number of rotatable bonds is 5.